The van der Waals surface area contributed by atoms with E-state index in [1.165, 1.54) is 6.07 Å². The number of rotatable bonds is 7. The van der Waals surface area contributed by atoms with Crippen molar-refractivity contribution in [1.29, 1.82) is 0 Å². The molecule has 0 saturated carbocycles. The summed E-state index contributed by atoms with van der Waals surface area (Å²) < 4.78 is 13.0. The minimum Gasteiger partial charge on any atom is -0.384 e. The van der Waals surface area contributed by atoms with Crippen molar-refractivity contribution >= 4 is 11.4 Å². The topological polar surface area (TPSA) is 37.0 Å². The van der Waals surface area contributed by atoms with E-state index >= 15 is 0 Å². The molecule has 0 bridgehead atoms. The van der Waals surface area contributed by atoms with Crippen LogP contribution in [0.4, 0.5) is 15.8 Å². The Hall–Kier alpha value is -2.10. The van der Waals surface area contributed by atoms with Crippen LogP contribution in [0.15, 0.2) is 42.7 Å². The summed E-state index contributed by atoms with van der Waals surface area (Å²) in [6.45, 7) is 3.82. The number of anilines is 2. The molecule has 4 heteroatoms. The number of halogens is 1. The molecule has 0 atom stereocenters. The molecule has 0 aliphatic rings. The Morgan fingerprint density at radius 3 is 2.50 bits per heavy atom. The molecule has 0 saturated heterocycles. The minimum absolute atomic E-state index is 0.185. The van der Waals surface area contributed by atoms with Crippen LogP contribution in [-0.4, -0.2) is 18.1 Å². The van der Waals surface area contributed by atoms with E-state index in [9.17, 15) is 4.39 Å². The highest BCUT2D eigenvalue weighted by molar-refractivity contribution is 5.53. The first-order valence-corrected chi connectivity index (χ1v) is 6.95. The number of hydrogen-bond donors (Lipinski definition) is 2. The maximum Gasteiger partial charge on any atom is 0.123 e. The second-order valence-electron chi connectivity index (χ2n) is 4.70. The Bertz CT molecular complexity index is 543. The van der Waals surface area contributed by atoms with Crippen molar-refractivity contribution in [3.63, 3.8) is 0 Å². The van der Waals surface area contributed by atoms with Crippen molar-refractivity contribution in [3.05, 3.63) is 54.1 Å². The summed E-state index contributed by atoms with van der Waals surface area (Å²) in [5.74, 6) is -0.185. The Morgan fingerprint density at radius 1 is 1.05 bits per heavy atom. The van der Waals surface area contributed by atoms with Crippen LogP contribution in [0.1, 0.15) is 18.9 Å². The number of nitrogens with one attached hydrogen (secondary N) is 2. The van der Waals surface area contributed by atoms with E-state index in [4.69, 9.17) is 0 Å². The van der Waals surface area contributed by atoms with Gasteiger partial charge >= 0.3 is 0 Å². The van der Waals surface area contributed by atoms with Gasteiger partial charge in [0.2, 0.25) is 0 Å². The monoisotopic (exact) mass is 273 g/mol. The van der Waals surface area contributed by atoms with Crippen molar-refractivity contribution < 1.29 is 4.39 Å². The van der Waals surface area contributed by atoms with Gasteiger partial charge in [-0.2, -0.15) is 0 Å². The fourth-order valence-corrected chi connectivity index (χ4v) is 1.95. The van der Waals surface area contributed by atoms with Crippen LogP contribution in [0.5, 0.6) is 0 Å². The highest BCUT2D eigenvalue weighted by Gasteiger charge is 1.98. The van der Waals surface area contributed by atoms with Gasteiger partial charge in [0.1, 0.15) is 5.82 Å². The Labute approximate surface area is 119 Å². The SMILES string of the molecule is CCCNc1cncc(NCCc2cccc(F)c2)c1. The highest BCUT2D eigenvalue weighted by Crippen LogP contribution is 2.13. The van der Waals surface area contributed by atoms with Crippen LogP contribution in [0.2, 0.25) is 0 Å². The van der Waals surface area contributed by atoms with Gasteiger partial charge in [0.25, 0.3) is 0 Å². The second kappa shape index (κ2) is 7.48. The third-order valence-corrected chi connectivity index (χ3v) is 2.95. The molecule has 0 spiro atoms. The molecule has 2 N–H and O–H groups in total. The Balaban J connectivity index is 1.84. The van der Waals surface area contributed by atoms with Crippen LogP contribution in [0.25, 0.3) is 0 Å². The van der Waals surface area contributed by atoms with Crippen LogP contribution >= 0.6 is 0 Å². The van der Waals surface area contributed by atoms with E-state index in [1.807, 2.05) is 18.3 Å². The first-order valence-electron chi connectivity index (χ1n) is 6.95. The predicted molar refractivity (Wildman–Crippen MR) is 81.6 cm³/mol. The molecule has 0 fully saturated rings. The molecule has 106 valence electrons. The maximum absolute atomic E-state index is 13.0. The summed E-state index contributed by atoms with van der Waals surface area (Å²) in [4.78, 5) is 4.19. The molecule has 2 rings (SSSR count). The van der Waals surface area contributed by atoms with Crippen LogP contribution in [0.3, 0.4) is 0 Å². The van der Waals surface area contributed by atoms with Crippen LogP contribution in [0, 0.1) is 5.82 Å². The fourth-order valence-electron chi connectivity index (χ4n) is 1.95. The second-order valence-corrected chi connectivity index (χ2v) is 4.70. The van der Waals surface area contributed by atoms with Gasteiger partial charge in [-0.05, 0) is 36.6 Å². The molecule has 3 nitrogen and oxygen atoms in total. The summed E-state index contributed by atoms with van der Waals surface area (Å²) in [6, 6.07) is 8.74. The quantitative estimate of drug-likeness (QED) is 0.807. The van der Waals surface area contributed by atoms with E-state index in [1.54, 1.807) is 18.3 Å². The molecule has 0 radical (unpaired) electrons. The van der Waals surface area contributed by atoms with Gasteiger partial charge in [-0.25, -0.2) is 4.39 Å². The number of hydrogen-bond acceptors (Lipinski definition) is 3. The van der Waals surface area contributed by atoms with Crippen molar-refractivity contribution in [1.82, 2.24) is 4.98 Å². The predicted octanol–water partition coefficient (Wildman–Crippen LogP) is 3.70. The normalized spacial score (nSPS) is 10.3. The highest BCUT2D eigenvalue weighted by atomic mass is 19.1. The Morgan fingerprint density at radius 2 is 1.80 bits per heavy atom. The molecular formula is C16H20FN3. The lowest BCUT2D eigenvalue weighted by Crippen LogP contribution is -2.06. The van der Waals surface area contributed by atoms with Gasteiger partial charge in [0.05, 0.1) is 23.8 Å². The van der Waals surface area contributed by atoms with Crippen molar-refractivity contribution in [2.75, 3.05) is 23.7 Å². The maximum atomic E-state index is 13.0. The Kier molecular flexibility index (Phi) is 5.35. The van der Waals surface area contributed by atoms with E-state index in [2.05, 4.69) is 22.5 Å². The largest absolute Gasteiger partial charge is 0.384 e. The average molecular weight is 273 g/mol. The molecule has 1 heterocycles. The van der Waals surface area contributed by atoms with Crippen LogP contribution in [-0.2, 0) is 6.42 Å². The molecule has 1 aromatic carbocycles. The number of pyridine rings is 1. The molecule has 20 heavy (non-hydrogen) atoms. The van der Waals surface area contributed by atoms with Gasteiger partial charge in [0.15, 0.2) is 0 Å². The summed E-state index contributed by atoms with van der Waals surface area (Å²) in [6.07, 6.45) is 5.47. The lowest BCUT2D eigenvalue weighted by Gasteiger charge is -2.09. The van der Waals surface area contributed by atoms with Crippen molar-refractivity contribution in [3.8, 4) is 0 Å². The van der Waals surface area contributed by atoms with E-state index < -0.39 is 0 Å². The smallest absolute Gasteiger partial charge is 0.123 e. The third kappa shape index (κ3) is 4.53. The molecule has 0 aliphatic carbocycles. The van der Waals surface area contributed by atoms with Crippen LogP contribution < -0.4 is 10.6 Å². The van der Waals surface area contributed by atoms with Gasteiger partial charge < -0.3 is 10.6 Å². The fraction of sp³-hybridized carbons (Fsp3) is 0.312. The average Bonchev–Trinajstić information content (AvgIpc) is 2.46. The van der Waals surface area contributed by atoms with E-state index in [-0.39, 0.29) is 5.82 Å². The molecule has 0 amide bonds. The zero-order chi connectivity index (χ0) is 14.2. The standard InChI is InChI=1S/C16H20FN3/c1-2-7-19-15-10-16(12-18-11-15)20-8-6-13-4-3-5-14(17)9-13/h3-5,9-12,19-20H,2,6-8H2,1H3. The molecule has 0 aliphatic heterocycles. The van der Waals surface area contributed by atoms with Gasteiger partial charge in [-0.15, -0.1) is 0 Å². The zero-order valence-electron chi connectivity index (χ0n) is 11.7. The van der Waals surface area contributed by atoms with Crippen molar-refractivity contribution in [2.24, 2.45) is 0 Å². The third-order valence-electron chi connectivity index (χ3n) is 2.95. The number of aromatic nitrogens is 1. The summed E-state index contributed by atoms with van der Waals surface area (Å²) >= 11 is 0. The summed E-state index contributed by atoms with van der Waals surface area (Å²) in [7, 11) is 0. The zero-order valence-corrected chi connectivity index (χ0v) is 11.7. The van der Waals surface area contributed by atoms with Gasteiger partial charge in [-0.1, -0.05) is 19.1 Å². The first kappa shape index (κ1) is 14.3. The minimum atomic E-state index is -0.185. The van der Waals surface area contributed by atoms with Gasteiger partial charge in [-0.3, -0.25) is 4.98 Å². The summed E-state index contributed by atoms with van der Waals surface area (Å²) in [5, 5.41) is 6.60. The van der Waals surface area contributed by atoms with Crippen molar-refractivity contribution in [2.45, 2.75) is 19.8 Å². The molecule has 2 aromatic rings. The van der Waals surface area contributed by atoms with E-state index in [0.29, 0.717) is 0 Å². The molecular weight excluding hydrogens is 253 g/mol. The lowest BCUT2D eigenvalue weighted by molar-refractivity contribution is 0.625. The first-order chi connectivity index (χ1) is 9.78. The molecule has 1 aromatic heterocycles. The van der Waals surface area contributed by atoms with Gasteiger partial charge in [0, 0.05) is 13.1 Å². The number of nitrogens with zero attached hydrogens (tertiary/aromatic N) is 1. The molecule has 0 unspecified atom stereocenters. The summed E-state index contributed by atoms with van der Waals surface area (Å²) in [5.41, 5.74) is 2.98. The lowest BCUT2D eigenvalue weighted by atomic mass is 10.1. The van der Waals surface area contributed by atoms with E-state index in [0.717, 1.165) is 42.9 Å². The number of benzene rings is 1.